The first kappa shape index (κ1) is 8.31. The molecule has 2 heterocycles. The number of nitrogens with zero attached hydrogens (tertiary/aromatic N) is 4. The molecule has 1 aromatic heterocycles. The van der Waals surface area contributed by atoms with Gasteiger partial charge < -0.3 is 0 Å². The van der Waals surface area contributed by atoms with E-state index in [1.807, 2.05) is 13.0 Å². The molecule has 0 saturated carbocycles. The predicted octanol–water partition coefficient (Wildman–Crippen LogP) is 0.116. The Balaban J connectivity index is 2.15. The Bertz CT molecular complexity index is 401. The number of amidine groups is 1. The van der Waals surface area contributed by atoms with Gasteiger partial charge in [-0.2, -0.15) is 15.9 Å². The molecule has 0 fully saturated rings. The van der Waals surface area contributed by atoms with Gasteiger partial charge in [0.1, 0.15) is 11.9 Å². The maximum Gasteiger partial charge on any atom is 0.171 e. The molecule has 70 valence electrons. The Morgan fingerprint density at radius 3 is 2.86 bits per heavy atom. The lowest BCUT2D eigenvalue weighted by Crippen LogP contribution is -2.41. The van der Waals surface area contributed by atoms with Gasteiger partial charge >= 0.3 is 0 Å². The fourth-order valence-corrected chi connectivity index (χ4v) is 1.03. The zero-order valence-corrected chi connectivity index (χ0v) is 7.52. The Kier molecular flexibility index (Phi) is 1.91. The topological polar surface area (TPSA) is 76.3 Å². The van der Waals surface area contributed by atoms with Crippen LogP contribution in [0, 0.1) is 11.3 Å². The second-order valence-corrected chi connectivity index (χ2v) is 2.76. The van der Waals surface area contributed by atoms with Crippen molar-refractivity contribution in [2.75, 3.05) is 5.12 Å². The van der Waals surface area contributed by atoms with Crippen molar-refractivity contribution in [1.82, 2.24) is 15.9 Å². The summed E-state index contributed by atoms with van der Waals surface area (Å²) in [6.45, 7) is 1.83. The SMILES string of the molecule is CC1=NNN(c2ccc(C#N)cn2)N1. The van der Waals surface area contributed by atoms with Gasteiger partial charge in [-0.05, 0) is 19.1 Å². The molecule has 0 radical (unpaired) electrons. The average Bonchev–Trinajstić information content (AvgIpc) is 2.65. The minimum atomic E-state index is 0.533. The van der Waals surface area contributed by atoms with Gasteiger partial charge in [0.15, 0.2) is 5.82 Å². The molecule has 14 heavy (non-hydrogen) atoms. The van der Waals surface area contributed by atoms with E-state index in [1.165, 1.54) is 6.20 Å². The van der Waals surface area contributed by atoms with Gasteiger partial charge in [0.25, 0.3) is 0 Å². The minimum absolute atomic E-state index is 0.533. The molecule has 6 nitrogen and oxygen atoms in total. The molecule has 0 saturated heterocycles. The van der Waals surface area contributed by atoms with E-state index in [2.05, 4.69) is 21.0 Å². The number of hydrogen-bond donors (Lipinski definition) is 2. The van der Waals surface area contributed by atoms with Gasteiger partial charge in [0.05, 0.1) is 5.56 Å². The summed E-state index contributed by atoms with van der Waals surface area (Å²) in [6, 6.07) is 5.43. The molecule has 2 N–H and O–H groups in total. The molecule has 0 aromatic carbocycles. The summed E-state index contributed by atoms with van der Waals surface area (Å²) in [4.78, 5) is 4.07. The van der Waals surface area contributed by atoms with Crippen LogP contribution in [-0.2, 0) is 0 Å². The summed E-state index contributed by atoms with van der Waals surface area (Å²) >= 11 is 0. The number of hydrazine groups is 2. The van der Waals surface area contributed by atoms with Crippen LogP contribution in [0.25, 0.3) is 0 Å². The number of nitriles is 1. The lowest BCUT2D eigenvalue weighted by atomic mass is 10.3. The predicted molar refractivity (Wildman–Crippen MR) is 50.8 cm³/mol. The fourth-order valence-electron chi connectivity index (χ4n) is 1.03. The summed E-state index contributed by atoms with van der Waals surface area (Å²) in [6.07, 6.45) is 1.51. The smallest absolute Gasteiger partial charge is 0.171 e. The number of anilines is 1. The highest BCUT2D eigenvalue weighted by Gasteiger charge is 2.12. The molecule has 1 aromatic rings. The second kappa shape index (κ2) is 3.22. The third kappa shape index (κ3) is 1.43. The molecular weight excluding hydrogens is 180 g/mol. The standard InChI is InChI=1S/C8H8N6/c1-6-11-13-14(12-6)8-3-2-7(4-9)5-10-8/h2-3,5,13H,1H3,(H,11,12). The number of pyridine rings is 1. The van der Waals surface area contributed by atoms with Crippen LogP contribution in [0.3, 0.4) is 0 Å². The van der Waals surface area contributed by atoms with Gasteiger partial charge in [-0.3, -0.25) is 5.43 Å². The molecule has 0 spiro atoms. The number of hydrogen-bond acceptors (Lipinski definition) is 6. The molecule has 6 heteroatoms. The first-order chi connectivity index (χ1) is 6.79. The van der Waals surface area contributed by atoms with Crippen molar-refractivity contribution in [2.24, 2.45) is 5.10 Å². The van der Waals surface area contributed by atoms with Crippen LogP contribution in [-0.4, -0.2) is 10.8 Å². The maximum absolute atomic E-state index is 8.58. The monoisotopic (exact) mass is 188 g/mol. The van der Waals surface area contributed by atoms with Crippen LogP contribution in [0.5, 0.6) is 0 Å². The van der Waals surface area contributed by atoms with E-state index in [4.69, 9.17) is 5.26 Å². The summed E-state index contributed by atoms with van der Waals surface area (Å²) in [5.74, 6) is 1.42. The van der Waals surface area contributed by atoms with Crippen LogP contribution >= 0.6 is 0 Å². The fraction of sp³-hybridized carbons (Fsp3) is 0.125. The van der Waals surface area contributed by atoms with Crippen molar-refractivity contribution in [3.05, 3.63) is 23.9 Å². The zero-order chi connectivity index (χ0) is 9.97. The van der Waals surface area contributed by atoms with Crippen LogP contribution in [0.1, 0.15) is 12.5 Å². The zero-order valence-electron chi connectivity index (χ0n) is 7.52. The van der Waals surface area contributed by atoms with Gasteiger partial charge in [-0.15, -0.1) is 5.10 Å². The Labute approximate surface area is 80.8 Å². The van der Waals surface area contributed by atoms with Gasteiger partial charge in [-0.1, -0.05) is 0 Å². The molecule has 1 aliphatic heterocycles. The van der Waals surface area contributed by atoms with Crippen molar-refractivity contribution in [2.45, 2.75) is 6.92 Å². The molecule has 0 atom stereocenters. The van der Waals surface area contributed by atoms with Gasteiger partial charge in [-0.25, -0.2) is 4.98 Å². The lowest BCUT2D eigenvalue weighted by Gasteiger charge is -2.15. The van der Waals surface area contributed by atoms with Crippen LogP contribution in [0.15, 0.2) is 23.4 Å². The van der Waals surface area contributed by atoms with Crippen molar-refractivity contribution in [3.8, 4) is 6.07 Å². The van der Waals surface area contributed by atoms with Crippen molar-refractivity contribution < 1.29 is 0 Å². The number of nitrogens with one attached hydrogen (secondary N) is 2. The molecule has 1 aliphatic rings. The third-order valence-corrected chi connectivity index (χ3v) is 1.70. The van der Waals surface area contributed by atoms with E-state index in [9.17, 15) is 0 Å². The minimum Gasteiger partial charge on any atom is -0.262 e. The summed E-state index contributed by atoms with van der Waals surface area (Å²) in [7, 11) is 0. The van der Waals surface area contributed by atoms with Crippen molar-refractivity contribution in [1.29, 1.82) is 5.26 Å². The summed E-state index contributed by atoms with van der Waals surface area (Å²) in [5, 5.41) is 14.1. The molecule has 0 unspecified atom stereocenters. The normalized spacial score (nSPS) is 14.0. The molecule has 0 aliphatic carbocycles. The van der Waals surface area contributed by atoms with E-state index in [-0.39, 0.29) is 0 Å². The Morgan fingerprint density at radius 2 is 2.36 bits per heavy atom. The van der Waals surface area contributed by atoms with Crippen molar-refractivity contribution >= 4 is 11.7 Å². The molecule has 0 amide bonds. The molecule has 2 rings (SSSR count). The van der Waals surface area contributed by atoms with Crippen LogP contribution in [0.2, 0.25) is 0 Å². The van der Waals surface area contributed by atoms with Crippen LogP contribution in [0.4, 0.5) is 5.82 Å². The largest absolute Gasteiger partial charge is 0.262 e. The highest BCUT2D eigenvalue weighted by Crippen LogP contribution is 2.08. The quantitative estimate of drug-likeness (QED) is 0.654. The van der Waals surface area contributed by atoms with E-state index < -0.39 is 0 Å². The lowest BCUT2D eigenvalue weighted by molar-refractivity contribution is 0.672. The molecular formula is C8H8N6. The summed E-state index contributed by atoms with van der Waals surface area (Å²) < 4.78 is 0. The van der Waals surface area contributed by atoms with Gasteiger partial charge in [0, 0.05) is 6.20 Å². The van der Waals surface area contributed by atoms with E-state index in [0.29, 0.717) is 11.4 Å². The third-order valence-electron chi connectivity index (χ3n) is 1.70. The number of rotatable bonds is 1. The van der Waals surface area contributed by atoms with Crippen LogP contribution < -0.4 is 16.1 Å². The summed E-state index contributed by atoms with van der Waals surface area (Å²) in [5.41, 5.74) is 6.19. The maximum atomic E-state index is 8.58. The Morgan fingerprint density at radius 1 is 1.50 bits per heavy atom. The van der Waals surface area contributed by atoms with E-state index >= 15 is 0 Å². The number of aromatic nitrogens is 1. The van der Waals surface area contributed by atoms with Crippen molar-refractivity contribution in [3.63, 3.8) is 0 Å². The van der Waals surface area contributed by atoms with E-state index in [0.717, 1.165) is 5.84 Å². The highest BCUT2D eigenvalue weighted by atomic mass is 15.9. The second-order valence-electron chi connectivity index (χ2n) is 2.76. The van der Waals surface area contributed by atoms with E-state index in [1.54, 1.807) is 17.3 Å². The first-order valence-corrected chi connectivity index (χ1v) is 4.02. The number of hydrazone groups is 1. The molecule has 0 bridgehead atoms. The van der Waals surface area contributed by atoms with Gasteiger partial charge in [0.2, 0.25) is 0 Å². The first-order valence-electron chi connectivity index (χ1n) is 4.02. The Hall–Kier alpha value is -2.29. The average molecular weight is 188 g/mol. The highest BCUT2D eigenvalue weighted by molar-refractivity contribution is 5.82.